The van der Waals surface area contributed by atoms with E-state index in [1.807, 2.05) is 42.5 Å². The minimum atomic E-state index is 0.600. The highest BCUT2D eigenvalue weighted by Gasteiger charge is 2.20. The molecule has 0 unspecified atom stereocenters. The Labute approximate surface area is 310 Å². The summed E-state index contributed by atoms with van der Waals surface area (Å²) < 4.78 is 15.3. The van der Waals surface area contributed by atoms with E-state index in [1.165, 1.54) is 21.8 Å². The lowest BCUT2D eigenvalue weighted by molar-refractivity contribution is 0.622. The highest BCUT2D eigenvalue weighted by molar-refractivity contribution is 6.18. The third-order valence-corrected chi connectivity index (χ3v) is 10.4. The van der Waals surface area contributed by atoms with Crippen LogP contribution in [-0.2, 0) is 0 Å². The average Bonchev–Trinajstić information content (AvgIpc) is 3.94. The van der Waals surface area contributed by atoms with Crippen LogP contribution in [0.15, 0.2) is 197 Å². The maximum atomic E-state index is 6.59. The number of hydrogen-bond acceptors (Lipinski definition) is 4. The second kappa shape index (κ2) is 12.1. The molecule has 0 radical (unpaired) electrons. The van der Waals surface area contributed by atoms with Crippen molar-refractivity contribution in [2.45, 2.75) is 0 Å². The number of hydrogen-bond donors (Lipinski definition) is 0. The van der Waals surface area contributed by atoms with Crippen LogP contribution in [0.5, 0.6) is 0 Å². The Morgan fingerprint density at radius 1 is 0.444 bits per heavy atom. The zero-order valence-corrected chi connectivity index (χ0v) is 29.1. The first-order chi connectivity index (χ1) is 26.8. The number of para-hydroxylation sites is 4. The number of nitrogens with zero attached hydrogens (tertiary/aromatic N) is 3. The monoisotopic (exact) mass is 693 g/mol. The fourth-order valence-electron chi connectivity index (χ4n) is 7.97. The number of aromatic nitrogens is 2. The van der Waals surface area contributed by atoms with Crippen molar-refractivity contribution < 1.29 is 8.83 Å². The molecule has 0 fully saturated rings. The van der Waals surface area contributed by atoms with E-state index in [2.05, 4.69) is 155 Å². The van der Waals surface area contributed by atoms with Gasteiger partial charge in [-0.25, -0.2) is 4.98 Å². The van der Waals surface area contributed by atoms with Crippen molar-refractivity contribution in [3.05, 3.63) is 188 Å². The molecule has 0 aliphatic rings. The molecule has 0 N–H and O–H groups in total. The first-order valence-corrected chi connectivity index (χ1v) is 18.1. The van der Waals surface area contributed by atoms with E-state index in [-0.39, 0.29) is 0 Å². The Morgan fingerprint density at radius 3 is 1.93 bits per heavy atom. The molecule has 54 heavy (non-hydrogen) atoms. The molecule has 8 aromatic carbocycles. The quantitative estimate of drug-likeness (QED) is 0.174. The van der Waals surface area contributed by atoms with Gasteiger partial charge < -0.3 is 18.3 Å². The van der Waals surface area contributed by atoms with Gasteiger partial charge in [0.25, 0.3) is 0 Å². The van der Waals surface area contributed by atoms with E-state index in [0.717, 1.165) is 72.5 Å². The highest BCUT2D eigenvalue weighted by atomic mass is 16.4. The van der Waals surface area contributed by atoms with Crippen LogP contribution in [0.4, 0.5) is 17.1 Å². The summed E-state index contributed by atoms with van der Waals surface area (Å²) in [5.74, 6) is 0.600. The standard InChI is InChI=1S/C49H31N3O2/c1-4-13-33(14-5-1)49-50-42-28-30-45-46(48(42)54-49)40-21-12-20-38(47(40)53-45)32-23-25-36(26-24-32)51(34-15-6-2-7-16-34)37-27-29-44-41(31-37)39-19-10-11-22-43(39)52(44)35-17-8-3-9-18-35/h1-31H. The fraction of sp³-hybridized carbons (Fsp3) is 0. The Morgan fingerprint density at radius 2 is 1.11 bits per heavy atom. The van der Waals surface area contributed by atoms with Crippen molar-refractivity contribution in [3.8, 4) is 28.3 Å². The van der Waals surface area contributed by atoms with E-state index in [9.17, 15) is 0 Å². The Hall–Kier alpha value is -7.37. The van der Waals surface area contributed by atoms with Gasteiger partial charge in [0, 0.05) is 50.0 Å². The summed E-state index contributed by atoms with van der Waals surface area (Å²) in [6.07, 6.45) is 0. The van der Waals surface area contributed by atoms with Gasteiger partial charge in [0.2, 0.25) is 5.89 Å². The van der Waals surface area contributed by atoms with Gasteiger partial charge in [-0.3, -0.25) is 0 Å². The summed E-state index contributed by atoms with van der Waals surface area (Å²) in [7, 11) is 0. The van der Waals surface area contributed by atoms with Gasteiger partial charge >= 0.3 is 0 Å². The van der Waals surface area contributed by atoms with Crippen molar-refractivity contribution in [2.24, 2.45) is 0 Å². The molecular formula is C49H31N3O2. The van der Waals surface area contributed by atoms with Crippen LogP contribution >= 0.6 is 0 Å². The maximum absolute atomic E-state index is 6.59. The van der Waals surface area contributed by atoms with Crippen LogP contribution in [0.2, 0.25) is 0 Å². The minimum absolute atomic E-state index is 0.600. The molecule has 0 aliphatic carbocycles. The van der Waals surface area contributed by atoms with E-state index in [0.29, 0.717) is 5.89 Å². The van der Waals surface area contributed by atoms with Crippen LogP contribution in [0.25, 0.3) is 83.1 Å². The molecule has 5 heteroatoms. The van der Waals surface area contributed by atoms with Gasteiger partial charge in [-0.05, 0) is 90.5 Å². The Bertz CT molecular complexity index is 3140. The van der Waals surface area contributed by atoms with Crippen molar-refractivity contribution in [1.29, 1.82) is 0 Å². The minimum Gasteiger partial charge on any atom is -0.455 e. The van der Waals surface area contributed by atoms with Gasteiger partial charge in [0.15, 0.2) is 5.58 Å². The molecule has 11 rings (SSSR count). The van der Waals surface area contributed by atoms with Crippen molar-refractivity contribution in [2.75, 3.05) is 4.90 Å². The largest absolute Gasteiger partial charge is 0.455 e. The number of fused-ring (bicyclic) bond motifs is 8. The smallest absolute Gasteiger partial charge is 0.227 e. The predicted octanol–water partition coefficient (Wildman–Crippen LogP) is 13.6. The SMILES string of the molecule is c1ccc(-c2nc3ccc4oc5c(-c6ccc(N(c7ccccc7)c7ccc8c(c7)c7ccccc7n8-c7ccccc7)cc6)cccc5c4c3o2)cc1. The number of anilines is 3. The molecule has 3 heterocycles. The Balaban J connectivity index is 1.02. The molecule has 0 spiro atoms. The van der Waals surface area contributed by atoms with E-state index in [4.69, 9.17) is 13.8 Å². The second-order valence-electron chi connectivity index (χ2n) is 13.6. The number of rotatable bonds is 6. The maximum Gasteiger partial charge on any atom is 0.227 e. The molecule has 0 saturated heterocycles. The second-order valence-corrected chi connectivity index (χ2v) is 13.6. The summed E-state index contributed by atoms with van der Waals surface area (Å²) in [4.78, 5) is 7.13. The first kappa shape index (κ1) is 30.3. The van der Waals surface area contributed by atoms with Crippen LogP contribution in [0.3, 0.4) is 0 Å². The van der Waals surface area contributed by atoms with E-state index >= 15 is 0 Å². The van der Waals surface area contributed by atoms with Crippen molar-refractivity contribution in [3.63, 3.8) is 0 Å². The lowest BCUT2D eigenvalue weighted by atomic mass is 10.0. The molecule has 0 bridgehead atoms. The third kappa shape index (κ3) is 4.76. The molecule has 0 aliphatic heterocycles. The van der Waals surface area contributed by atoms with Gasteiger partial charge in [-0.1, -0.05) is 103 Å². The van der Waals surface area contributed by atoms with Gasteiger partial charge in [-0.15, -0.1) is 0 Å². The zero-order chi connectivity index (χ0) is 35.6. The summed E-state index contributed by atoms with van der Waals surface area (Å²) >= 11 is 0. The number of oxazole rings is 1. The van der Waals surface area contributed by atoms with Gasteiger partial charge in [0.1, 0.15) is 16.7 Å². The van der Waals surface area contributed by atoms with E-state index in [1.54, 1.807) is 0 Å². The first-order valence-electron chi connectivity index (χ1n) is 18.1. The van der Waals surface area contributed by atoms with Crippen LogP contribution < -0.4 is 4.90 Å². The number of furan rings is 1. The zero-order valence-electron chi connectivity index (χ0n) is 29.1. The molecule has 5 nitrogen and oxygen atoms in total. The van der Waals surface area contributed by atoms with Gasteiger partial charge in [0.05, 0.1) is 16.4 Å². The number of benzene rings is 8. The highest BCUT2D eigenvalue weighted by Crippen LogP contribution is 2.43. The summed E-state index contributed by atoms with van der Waals surface area (Å²) in [6, 6.07) is 65.6. The summed E-state index contributed by atoms with van der Waals surface area (Å²) in [6.45, 7) is 0. The van der Waals surface area contributed by atoms with Crippen LogP contribution in [0, 0.1) is 0 Å². The lowest BCUT2D eigenvalue weighted by Crippen LogP contribution is -2.09. The van der Waals surface area contributed by atoms with Crippen molar-refractivity contribution >= 4 is 71.9 Å². The van der Waals surface area contributed by atoms with E-state index < -0.39 is 0 Å². The third-order valence-electron chi connectivity index (χ3n) is 10.4. The summed E-state index contributed by atoms with van der Waals surface area (Å²) in [5, 5.41) is 4.37. The van der Waals surface area contributed by atoms with Crippen molar-refractivity contribution in [1.82, 2.24) is 9.55 Å². The predicted molar refractivity (Wildman–Crippen MR) is 221 cm³/mol. The molecule has 0 atom stereocenters. The topological polar surface area (TPSA) is 47.3 Å². The molecule has 3 aromatic heterocycles. The van der Waals surface area contributed by atoms with Crippen LogP contribution in [0.1, 0.15) is 0 Å². The fourth-order valence-corrected chi connectivity index (χ4v) is 7.97. The molecule has 254 valence electrons. The Kier molecular flexibility index (Phi) is 6.79. The normalized spacial score (nSPS) is 11.7. The molecular weight excluding hydrogens is 663 g/mol. The molecule has 11 aromatic rings. The average molecular weight is 694 g/mol. The molecule has 0 saturated carbocycles. The van der Waals surface area contributed by atoms with Gasteiger partial charge in [-0.2, -0.15) is 0 Å². The summed E-state index contributed by atoms with van der Waals surface area (Å²) in [5.41, 5.74) is 12.9. The molecule has 0 amide bonds. The van der Waals surface area contributed by atoms with Crippen LogP contribution in [-0.4, -0.2) is 9.55 Å². The lowest BCUT2D eigenvalue weighted by Gasteiger charge is -2.26.